The molecule has 0 aromatic heterocycles. The molecule has 28 heavy (non-hydrogen) atoms. The Morgan fingerprint density at radius 3 is 1.96 bits per heavy atom. The number of amides is 1. The van der Waals surface area contributed by atoms with Crippen molar-refractivity contribution in [1.82, 2.24) is 5.32 Å². The van der Waals surface area contributed by atoms with E-state index < -0.39 is 5.60 Å². The molecule has 0 bridgehead atoms. The van der Waals surface area contributed by atoms with E-state index >= 15 is 0 Å². The van der Waals surface area contributed by atoms with Gasteiger partial charge in [0.15, 0.2) is 0 Å². The number of carbonyl (C=O) groups is 1. The van der Waals surface area contributed by atoms with Gasteiger partial charge in [0.05, 0.1) is 5.60 Å². The SMILES string of the molecule is CCCC=CC=CC=CCCC=CC=CC(=O)NCC(O)(CCC)CCCC. The normalized spacial score (nSPS) is 14.9. The van der Waals surface area contributed by atoms with Crippen LogP contribution in [0.15, 0.2) is 60.8 Å². The first-order valence-corrected chi connectivity index (χ1v) is 10.9. The molecule has 0 fully saturated rings. The van der Waals surface area contributed by atoms with Crippen molar-refractivity contribution < 1.29 is 9.90 Å². The van der Waals surface area contributed by atoms with E-state index in [-0.39, 0.29) is 5.91 Å². The highest BCUT2D eigenvalue weighted by Gasteiger charge is 2.25. The fourth-order valence-corrected chi connectivity index (χ4v) is 2.74. The topological polar surface area (TPSA) is 49.3 Å². The maximum Gasteiger partial charge on any atom is 0.244 e. The zero-order chi connectivity index (χ0) is 20.9. The van der Waals surface area contributed by atoms with Crippen LogP contribution in [0, 0.1) is 0 Å². The summed E-state index contributed by atoms with van der Waals surface area (Å²) in [5.41, 5.74) is -0.781. The van der Waals surface area contributed by atoms with Gasteiger partial charge < -0.3 is 10.4 Å². The van der Waals surface area contributed by atoms with E-state index in [0.29, 0.717) is 13.0 Å². The Morgan fingerprint density at radius 2 is 1.39 bits per heavy atom. The van der Waals surface area contributed by atoms with E-state index in [9.17, 15) is 9.90 Å². The molecule has 0 radical (unpaired) electrons. The summed E-state index contributed by atoms with van der Waals surface area (Å²) in [4.78, 5) is 11.9. The van der Waals surface area contributed by atoms with Crippen LogP contribution in [-0.4, -0.2) is 23.2 Å². The third kappa shape index (κ3) is 16.3. The number of allylic oxidation sites excluding steroid dienone is 9. The van der Waals surface area contributed by atoms with Crippen LogP contribution in [0.4, 0.5) is 0 Å². The zero-order valence-corrected chi connectivity index (χ0v) is 18.2. The Bertz CT molecular complexity index is 529. The largest absolute Gasteiger partial charge is 0.388 e. The van der Waals surface area contributed by atoms with E-state index in [4.69, 9.17) is 0 Å². The second-order valence-corrected chi connectivity index (χ2v) is 7.19. The lowest BCUT2D eigenvalue weighted by Crippen LogP contribution is -2.42. The number of hydrogen-bond donors (Lipinski definition) is 2. The van der Waals surface area contributed by atoms with Crippen LogP contribution in [0.1, 0.15) is 78.6 Å². The molecule has 0 aliphatic rings. The van der Waals surface area contributed by atoms with Crippen molar-refractivity contribution in [2.24, 2.45) is 0 Å². The molecule has 3 nitrogen and oxygen atoms in total. The minimum Gasteiger partial charge on any atom is -0.388 e. The van der Waals surface area contributed by atoms with Crippen molar-refractivity contribution in [3.8, 4) is 0 Å². The number of unbranched alkanes of at least 4 members (excludes halogenated alkanes) is 3. The predicted octanol–water partition coefficient (Wildman–Crippen LogP) is 6.19. The molecule has 1 unspecified atom stereocenters. The van der Waals surface area contributed by atoms with Gasteiger partial charge in [-0.3, -0.25) is 4.79 Å². The molecule has 1 atom stereocenters. The third-order valence-corrected chi connectivity index (χ3v) is 4.36. The predicted molar refractivity (Wildman–Crippen MR) is 122 cm³/mol. The Morgan fingerprint density at radius 1 is 0.786 bits per heavy atom. The van der Waals surface area contributed by atoms with Gasteiger partial charge in [0.2, 0.25) is 5.91 Å². The molecule has 2 N–H and O–H groups in total. The summed E-state index contributed by atoms with van der Waals surface area (Å²) in [6.45, 7) is 6.66. The molecule has 0 heterocycles. The van der Waals surface area contributed by atoms with Crippen LogP contribution >= 0.6 is 0 Å². The standard InChI is InChI=1S/C25H41NO2/c1-4-7-9-10-11-12-13-14-15-16-17-18-19-20-24(27)26-23-25(28,21-6-3)22-8-5-2/h9-14,17-20,28H,4-8,15-16,21-23H2,1-3H3,(H,26,27). The molecule has 158 valence electrons. The first kappa shape index (κ1) is 26.1. The second kappa shape index (κ2) is 18.5. The lowest BCUT2D eigenvalue weighted by Gasteiger charge is -2.27. The summed E-state index contributed by atoms with van der Waals surface area (Å²) in [6, 6.07) is 0. The van der Waals surface area contributed by atoms with Gasteiger partial charge in [0.25, 0.3) is 0 Å². The molecule has 3 heteroatoms. The average molecular weight is 388 g/mol. The highest BCUT2D eigenvalue weighted by molar-refractivity contribution is 5.87. The summed E-state index contributed by atoms with van der Waals surface area (Å²) in [5, 5.41) is 13.4. The summed E-state index contributed by atoms with van der Waals surface area (Å²) in [5.74, 6) is -0.156. The Hall–Kier alpha value is -1.87. The second-order valence-electron chi connectivity index (χ2n) is 7.19. The summed E-state index contributed by atoms with van der Waals surface area (Å²) >= 11 is 0. The summed E-state index contributed by atoms with van der Waals surface area (Å²) in [6.07, 6.45) is 28.4. The van der Waals surface area contributed by atoms with Gasteiger partial charge in [-0.1, -0.05) is 101 Å². The molecule has 0 aliphatic heterocycles. The van der Waals surface area contributed by atoms with E-state index in [1.807, 2.05) is 24.3 Å². The number of aliphatic hydroxyl groups is 1. The van der Waals surface area contributed by atoms with Gasteiger partial charge >= 0.3 is 0 Å². The van der Waals surface area contributed by atoms with E-state index in [0.717, 1.165) is 44.9 Å². The highest BCUT2D eigenvalue weighted by atomic mass is 16.3. The van der Waals surface area contributed by atoms with Crippen LogP contribution in [0.25, 0.3) is 0 Å². The molecular formula is C25H41NO2. The van der Waals surface area contributed by atoms with Crippen molar-refractivity contribution in [3.05, 3.63) is 60.8 Å². The van der Waals surface area contributed by atoms with Gasteiger partial charge in [-0.25, -0.2) is 0 Å². The molecule has 0 aliphatic carbocycles. The number of rotatable bonds is 16. The minimum atomic E-state index is -0.781. The Balaban J connectivity index is 4.02. The summed E-state index contributed by atoms with van der Waals surface area (Å²) < 4.78 is 0. The summed E-state index contributed by atoms with van der Waals surface area (Å²) in [7, 11) is 0. The maximum absolute atomic E-state index is 11.9. The van der Waals surface area contributed by atoms with Crippen LogP contribution in [0.3, 0.4) is 0 Å². The lowest BCUT2D eigenvalue weighted by atomic mass is 9.91. The quantitative estimate of drug-likeness (QED) is 0.189. The first-order chi connectivity index (χ1) is 13.6. The van der Waals surface area contributed by atoms with Gasteiger partial charge in [0.1, 0.15) is 0 Å². The van der Waals surface area contributed by atoms with E-state index in [2.05, 4.69) is 50.4 Å². The average Bonchev–Trinajstić information content (AvgIpc) is 2.69. The number of hydrogen-bond acceptors (Lipinski definition) is 2. The van der Waals surface area contributed by atoms with E-state index in [1.54, 1.807) is 6.08 Å². The zero-order valence-electron chi connectivity index (χ0n) is 18.2. The van der Waals surface area contributed by atoms with Crippen LogP contribution in [0.2, 0.25) is 0 Å². The minimum absolute atomic E-state index is 0.156. The molecule has 0 aromatic rings. The van der Waals surface area contributed by atoms with E-state index in [1.165, 1.54) is 12.5 Å². The molecular weight excluding hydrogens is 346 g/mol. The number of nitrogens with one attached hydrogen (secondary N) is 1. The van der Waals surface area contributed by atoms with Gasteiger partial charge in [-0.15, -0.1) is 0 Å². The van der Waals surface area contributed by atoms with Crippen molar-refractivity contribution in [2.75, 3.05) is 6.54 Å². The monoisotopic (exact) mass is 387 g/mol. The van der Waals surface area contributed by atoms with Crippen molar-refractivity contribution in [2.45, 2.75) is 84.2 Å². The van der Waals surface area contributed by atoms with Gasteiger partial charge in [-0.05, 0) is 32.1 Å². The van der Waals surface area contributed by atoms with Crippen molar-refractivity contribution >= 4 is 5.91 Å². The smallest absolute Gasteiger partial charge is 0.244 e. The molecule has 1 amide bonds. The molecule has 0 spiro atoms. The van der Waals surface area contributed by atoms with Crippen molar-refractivity contribution in [3.63, 3.8) is 0 Å². The Labute approximate surface area is 173 Å². The van der Waals surface area contributed by atoms with Crippen molar-refractivity contribution in [1.29, 1.82) is 0 Å². The first-order valence-electron chi connectivity index (χ1n) is 10.9. The molecule has 0 rings (SSSR count). The molecule has 0 aromatic carbocycles. The maximum atomic E-state index is 11.9. The van der Waals surface area contributed by atoms with Gasteiger partial charge in [0, 0.05) is 12.6 Å². The molecule has 0 saturated carbocycles. The van der Waals surface area contributed by atoms with Crippen LogP contribution in [-0.2, 0) is 4.79 Å². The Kier molecular flexibility index (Phi) is 17.3. The number of carbonyl (C=O) groups excluding carboxylic acids is 1. The fraction of sp³-hybridized carbons (Fsp3) is 0.560. The van der Waals surface area contributed by atoms with Crippen LogP contribution < -0.4 is 5.32 Å². The van der Waals surface area contributed by atoms with Crippen LogP contribution in [0.5, 0.6) is 0 Å². The fourth-order valence-electron chi connectivity index (χ4n) is 2.74. The lowest BCUT2D eigenvalue weighted by molar-refractivity contribution is -0.118. The molecule has 0 saturated heterocycles. The third-order valence-electron chi connectivity index (χ3n) is 4.36. The van der Waals surface area contributed by atoms with Gasteiger partial charge in [-0.2, -0.15) is 0 Å². The highest BCUT2D eigenvalue weighted by Crippen LogP contribution is 2.19.